The summed E-state index contributed by atoms with van der Waals surface area (Å²) in [6.07, 6.45) is 1.33. The van der Waals surface area contributed by atoms with Gasteiger partial charge in [-0.15, -0.1) is 0 Å². The second kappa shape index (κ2) is 8.33. The van der Waals surface area contributed by atoms with Crippen LogP contribution in [0.5, 0.6) is 5.75 Å². The maximum Gasteiger partial charge on any atom is 0.314 e. The molecule has 1 unspecified atom stereocenters. The van der Waals surface area contributed by atoms with Crippen LogP contribution in [0.4, 0.5) is 5.69 Å². The Balaban J connectivity index is 1.99. The highest BCUT2D eigenvalue weighted by molar-refractivity contribution is 6.39. The number of hydrogen-bond acceptors (Lipinski definition) is 5. The third-order valence-corrected chi connectivity index (χ3v) is 3.88. The van der Waals surface area contributed by atoms with Crippen molar-refractivity contribution in [1.29, 1.82) is 0 Å². The highest BCUT2D eigenvalue weighted by Gasteiger charge is 2.32. The minimum atomic E-state index is -0.746. The van der Waals surface area contributed by atoms with E-state index in [1.165, 1.54) is 12.0 Å². The molecule has 0 spiro atoms. The van der Waals surface area contributed by atoms with Gasteiger partial charge >= 0.3 is 17.8 Å². The molecule has 1 fully saturated rings. The zero-order chi connectivity index (χ0) is 17.5. The van der Waals surface area contributed by atoms with Gasteiger partial charge in [0.15, 0.2) is 0 Å². The number of piperidine rings is 1. The molecule has 2 amide bonds. The average molecular weight is 334 g/mol. The minimum absolute atomic E-state index is 0.205. The number of carbonyl (C=O) groups is 3. The van der Waals surface area contributed by atoms with Crippen molar-refractivity contribution < 1.29 is 23.9 Å². The van der Waals surface area contributed by atoms with Crippen LogP contribution >= 0.6 is 0 Å². The summed E-state index contributed by atoms with van der Waals surface area (Å²) in [5.41, 5.74) is 0.428. The molecule has 0 aromatic heterocycles. The van der Waals surface area contributed by atoms with Crippen LogP contribution in [-0.4, -0.2) is 49.5 Å². The number of para-hydroxylation sites is 2. The van der Waals surface area contributed by atoms with Crippen molar-refractivity contribution in [2.24, 2.45) is 5.92 Å². The Labute approximate surface area is 140 Å². The molecule has 0 bridgehead atoms. The van der Waals surface area contributed by atoms with Crippen molar-refractivity contribution in [2.75, 3.05) is 32.1 Å². The fourth-order valence-corrected chi connectivity index (χ4v) is 2.68. The topological polar surface area (TPSA) is 84.9 Å². The molecule has 7 heteroatoms. The number of hydrogen-bond donors (Lipinski definition) is 1. The predicted molar refractivity (Wildman–Crippen MR) is 87.6 cm³/mol. The molecular weight excluding hydrogens is 312 g/mol. The largest absolute Gasteiger partial charge is 0.495 e. The summed E-state index contributed by atoms with van der Waals surface area (Å²) in [6.45, 7) is 2.70. The first-order chi connectivity index (χ1) is 11.6. The molecule has 2 rings (SSSR count). The van der Waals surface area contributed by atoms with Gasteiger partial charge in [0.1, 0.15) is 5.75 Å². The Morgan fingerprint density at radius 3 is 2.75 bits per heavy atom. The Hall–Kier alpha value is -2.57. The molecule has 1 saturated heterocycles. The molecule has 1 heterocycles. The van der Waals surface area contributed by atoms with Crippen molar-refractivity contribution in [2.45, 2.75) is 19.8 Å². The monoisotopic (exact) mass is 334 g/mol. The number of carbonyl (C=O) groups excluding carboxylic acids is 3. The standard InChI is InChI=1S/C17H22N2O5/c1-3-24-17(22)12-7-6-10-19(11-12)16(21)15(20)18-13-8-4-5-9-14(13)23-2/h4-5,8-9,12H,3,6-7,10-11H2,1-2H3,(H,18,20). The molecule has 1 aromatic rings. The molecule has 1 aliphatic heterocycles. The van der Waals surface area contributed by atoms with Gasteiger partial charge in [-0.05, 0) is 31.9 Å². The van der Waals surface area contributed by atoms with E-state index in [2.05, 4.69) is 5.32 Å². The molecule has 0 saturated carbocycles. The normalized spacial score (nSPS) is 17.1. The number of likely N-dealkylation sites (tertiary alicyclic amines) is 1. The number of anilines is 1. The molecule has 0 radical (unpaired) electrons. The summed E-state index contributed by atoms with van der Waals surface area (Å²) >= 11 is 0. The van der Waals surface area contributed by atoms with Crippen molar-refractivity contribution >= 4 is 23.5 Å². The Morgan fingerprint density at radius 2 is 2.04 bits per heavy atom. The van der Waals surface area contributed by atoms with E-state index in [1.807, 2.05) is 0 Å². The first-order valence-corrected chi connectivity index (χ1v) is 7.96. The Bertz CT molecular complexity index is 617. The Morgan fingerprint density at radius 1 is 1.29 bits per heavy atom. The smallest absolute Gasteiger partial charge is 0.314 e. The van der Waals surface area contributed by atoms with Crippen LogP contribution in [0.3, 0.4) is 0 Å². The van der Waals surface area contributed by atoms with E-state index in [0.29, 0.717) is 37.4 Å². The second-order valence-electron chi connectivity index (χ2n) is 5.50. The summed E-state index contributed by atoms with van der Waals surface area (Å²) in [5.74, 6) is -1.62. The quantitative estimate of drug-likeness (QED) is 0.665. The molecule has 1 N–H and O–H groups in total. The van der Waals surface area contributed by atoms with Crippen LogP contribution in [-0.2, 0) is 19.1 Å². The number of esters is 1. The van der Waals surface area contributed by atoms with Gasteiger partial charge in [0, 0.05) is 13.1 Å². The number of nitrogens with one attached hydrogen (secondary N) is 1. The molecule has 1 aromatic carbocycles. The summed E-state index contributed by atoms with van der Waals surface area (Å²) < 4.78 is 10.1. The van der Waals surface area contributed by atoms with Crippen molar-refractivity contribution in [1.82, 2.24) is 4.90 Å². The van der Waals surface area contributed by atoms with Gasteiger partial charge in [-0.25, -0.2) is 0 Å². The van der Waals surface area contributed by atoms with Crippen LogP contribution in [0.25, 0.3) is 0 Å². The number of methoxy groups -OCH3 is 1. The number of benzene rings is 1. The Kier molecular flexibility index (Phi) is 6.17. The van der Waals surface area contributed by atoms with Crippen molar-refractivity contribution in [3.8, 4) is 5.75 Å². The van der Waals surface area contributed by atoms with Crippen LogP contribution in [0.15, 0.2) is 24.3 Å². The molecule has 7 nitrogen and oxygen atoms in total. The molecular formula is C17H22N2O5. The SMILES string of the molecule is CCOC(=O)C1CCCN(C(=O)C(=O)Nc2ccccc2OC)C1. The fraction of sp³-hybridized carbons (Fsp3) is 0.471. The summed E-state index contributed by atoms with van der Waals surface area (Å²) in [4.78, 5) is 37.8. The van der Waals surface area contributed by atoms with E-state index in [9.17, 15) is 14.4 Å². The third-order valence-electron chi connectivity index (χ3n) is 3.88. The highest BCUT2D eigenvalue weighted by atomic mass is 16.5. The lowest BCUT2D eigenvalue weighted by Crippen LogP contribution is -2.47. The molecule has 1 aliphatic rings. The van der Waals surface area contributed by atoms with Gasteiger partial charge in [-0.3, -0.25) is 14.4 Å². The van der Waals surface area contributed by atoms with Gasteiger partial charge in [0.05, 0.1) is 25.3 Å². The van der Waals surface area contributed by atoms with Gasteiger partial charge in [0.25, 0.3) is 0 Å². The van der Waals surface area contributed by atoms with Crippen LogP contribution < -0.4 is 10.1 Å². The number of rotatable bonds is 4. The van der Waals surface area contributed by atoms with E-state index < -0.39 is 11.8 Å². The molecule has 0 aliphatic carbocycles. The molecule has 130 valence electrons. The lowest BCUT2D eigenvalue weighted by atomic mass is 9.98. The second-order valence-corrected chi connectivity index (χ2v) is 5.50. The average Bonchev–Trinajstić information content (AvgIpc) is 2.61. The van der Waals surface area contributed by atoms with E-state index in [0.717, 1.165) is 0 Å². The maximum absolute atomic E-state index is 12.3. The number of amides is 2. The van der Waals surface area contributed by atoms with Crippen LogP contribution in [0, 0.1) is 5.92 Å². The van der Waals surface area contributed by atoms with E-state index >= 15 is 0 Å². The van der Waals surface area contributed by atoms with Gasteiger partial charge in [0.2, 0.25) is 0 Å². The number of ether oxygens (including phenoxy) is 2. The lowest BCUT2D eigenvalue weighted by Gasteiger charge is -2.31. The zero-order valence-electron chi connectivity index (χ0n) is 13.9. The van der Waals surface area contributed by atoms with Gasteiger partial charge < -0.3 is 19.7 Å². The number of nitrogens with zero attached hydrogens (tertiary/aromatic N) is 1. The fourth-order valence-electron chi connectivity index (χ4n) is 2.68. The van der Waals surface area contributed by atoms with E-state index in [4.69, 9.17) is 9.47 Å². The molecule has 24 heavy (non-hydrogen) atoms. The third kappa shape index (κ3) is 4.24. The summed E-state index contributed by atoms with van der Waals surface area (Å²) in [5, 5.41) is 2.56. The first kappa shape index (κ1) is 17.8. The van der Waals surface area contributed by atoms with Crippen LogP contribution in [0.2, 0.25) is 0 Å². The minimum Gasteiger partial charge on any atom is -0.495 e. The van der Waals surface area contributed by atoms with Crippen molar-refractivity contribution in [3.63, 3.8) is 0 Å². The first-order valence-electron chi connectivity index (χ1n) is 7.96. The molecule has 1 atom stereocenters. The summed E-state index contributed by atoms with van der Waals surface area (Å²) in [6, 6.07) is 6.85. The van der Waals surface area contributed by atoms with E-state index in [-0.39, 0.29) is 18.4 Å². The predicted octanol–water partition coefficient (Wildman–Crippen LogP) is 1.44. The highest BCUT2D eigenvalue weighted by Crippen LogP contribution is 2.23. The van der Waals surface area contributed by atoms with E-state index in [1.54, 1.807) is 31.2 Å². The van der Waals surface area contributed by atoms with Gasteiger partial charge in [-0.2, -0.15) is 0 Å². The summed E-state index contributed by atoms with van der Waals surface area (Å²) in [7, 11) is 1.49. The lowest BCUT2D eigenvalue weighted by molar-refractivity contribution is -0.153. The van der Waals surface area contributed by atoms with Gasteiger partial charge in [-0.1, -0.05) is 12.1 Å². The maximum atomic E-state index is 12.3. The zero-order valence-corrected chi connectivity index (χ0v) is 13.9. The van der Waals surface area contributed by atoms with Crippen molar-refractivity contribution in [3.05, 3.63) is 24.3 Å². The van der Waals surface area contributed by atoms with Crippen LogP contribution in [0.1, 0.15) is 19.8 Å².